The number of benzene rings is 1. The molecular formula is C16H23Cl2N3O3S. The van der Waals surface area contributed by atoms with Gasteiger partial charge in [0.25, 0.3) is 0 Å². The van der Waals surface area contributed by atoms with Gasteiger partial charge in [-0.05, 0) is 43.5 Å². The highest BCUT2D eigenvalue weighted by atomic mass is 35.5. The number of nitrogens with two attached hydrogens (primary N) is 1. The molecule has 2 atom stereocenters. The van der Waals surface area contributed by atoms with E-state index in [1.165, 1.54) is 16.4 Å². The Labute approximate surface area is 159 Å². The van der Waals surface area contributed by atoms with Crippen molar-refractivity contribution in [3.8, 4) is 0 Å². The predicted octanol–water partition coefficient (Wildman–Crippen LogP) is 1.72. The van der Waals surface area contributed by atoms with Crippen molar-refractivity contribution in [3.63, 3.8) is 0 Å². The van der Waals surface area contributed by atoms with E-state index in [0.717, 1.165) is 19.3 Å². The van der Waals surface area contributed by atoms with Crippen molar-refractivity contribution in [2.24, 2.45) is 11.7 Å². The Kier molecular flexibility index (Phi) is 6.73. The summed E-state index contributed by atoms with van der Waals surface area (Å²) < 4.78 is 26.7. The van der Waals surface area contributed by atoms with Gasteiger partial charge < -0.3 is 10.6 Å². The molecular weight excluding hydrogens is 385 g/mol. The van der Waals surface area contributed by atoms with Gasteiger partial charge in [0.1, 0.15) is 0 Å². The summed E-state index contributed by atoms with van der Waals surface area (Å²) in [7, 11) is -3.54. The molecule has 2 aliphatic rings. The van der Waals surface area contributed by atoms with E-state index in [1.54, 1.807) is 17.0 Å². The number of hydrogen-bond acceptors (Lipinski definition) is 4. The molecule has 2 fully saturated rings. The Morgan fingerprint density at radius 3 is 2.20 bits per heavy atom. The van der Waals surface area contributed by atoms with Gasteiger partial charge in [0.05, 0.1) is 4.90 Å². The van der Waals surface area contributed by atoms with Crippen LogP contribution in [0.1, 0.15) is 19.3 Å². The number of nitrogens with zero attached hydrogens (tertiary/aromatic N) is 2. The first-order chi connectivity index (χ1) is 11.4. The van der Waals surface area contributed by atoms with Gasteiger partial charge in [-0.15, -0.1) is 12.4 Å². The molecule has 1 saturated heterocycles. The van der Waals surface area contributed by atoms with Crippen molar-refractivity contribution in [1.82, 2.24) is 9.21 Å². The molecule has 2 N–H and O–H groups in total. The summed E-state index contributed by atoms with van der Waals surface area (Å²) in [6.07, 6.45) is 2.47. The summed E-state index contributed by atoms with van der Waals surface area (Å²) in [5.41, 5.74) is 5.88. The van der Waals surface area contributed by atoms with E-state index in [0.29, 0.717) is 31.2 Å². The second-order valence-electron chi connectivity index (χ2n) is 6.45. The second-order valence-corrected chi connectivity index (χ2v) is 8.83. The Morgan fingerprint density at radius 2 is 1.68 bits per heavy atom. The highest BCUT2D eigenvalue weighted by molar-refractivity contribution is 7.89. The topological polar surface area (TPSA) is 83.7 Å². The number of amides is 1. The van der Waals surface area contributed by atoms with E-state index in [1.807, 2.05) is 0 Å². The lowest BCUT2D eigenvalue weighted by atomic mass is 10.1. The van der Waals surface area contributed by atoms with Crippen LogP contribution in [0.4, 0.5) is 0 Å². The zero-order valence-corrected chi connectivity index (χ0v) is 16.2. The van der Waals surface area contributed by atoms with Crippen molar-refractivity contribution in [1.29, 1.82) is 0 Å². The molecule has 1 amide bonds. The molecule has 9 heteroatoms. The standard InChI is InChI=1S/C16H22ClN3O3S.ClH/c17-13-2-5-15(6-3-13)24(22,23)20-9-7-19(8-10-20)16(21)12-1-4-14(18)11-12;/h2-3,5-6,12,14H,1,4,7-11,18H2;1H. The molecule has 1 aromatic carbocycles. The lowest BCUT2D eigenvalue weighted by Gasteiger charge is -2.35. The highest BCUT2D eigenvalue weighted by Gasteiger charge is 2.34. The molecule has 25 heavy (non-hydrogen) atoms. The van der Waals surface area contributed by atoms with E-state index in [9.17, 15) is 13.2 Å². The summed E-state index contributed by atoms with van der Waals surface area (Å²) in [6, 6.07) is 6.27. The SMILES string of the molecule is Cl.NC1CCC(C(=O)N2CCN(S(=O)(=O)c3ccc(Cl)cc3)CC2)C1. The number of rotatable bonds is 3. The third kappa shape index (κ3) is 4.46. The van der Waals surface area contributed by atoms with Crippen LogP contribution in [0.5, 0.6) is 0 Å². The summed E-state index contributed by atoms with van der Waals surface area (Å²) in [6.45, 7) is 1.49. The lowest BCUT2D eigenvalue weighted by Crippen LogP contribution is -2.51. The van der Waals surface area contributed by atoms with E-state index < -0.39 is 10.0 Å². The third-order valence-electron chi connectivity index (χ3n) is 4.82. The van der Waals surface area contributed by atoms with Gasteiger partial charge in [-0.2, -0.15) is 4.31 Å². The number of hydrogen-bond donors (Lipinski definition) is 1. The Hall–Kier alpha value is -0.860. The number of carbonyl (C=O) groups is 1. The number of carbonyl (C=O) groups excluding carboxylic acids is 1. The van der Waals surface area contributed by atoms with Crippen molar-refractivity contribution >= 4 is 39.9 Å². The minimum Gasteiger partial charge on any atom is -0.340 e. The minimum atomic E-state index is -3.54. The fraction of sp³-hybridized carbons (Fsp3) is 0.562. The molecule has 1 saturated carbocycles. The summed E-state index contributed by atoms with van der Waals surface area (Å²) in [5, 5.41) is 0.499. The molecule has 1 aromatic rings. The number of sulfonamides is 1. The first-order valence-electron chi connectivity index (χ1n) is 8.18. The van der Waals surface area contributed by atoms with Crippen LogP contribution in [0.3, 0.4) is 0 Å². The molecule has 0 radical (unpaired) electrons. The Morgan fingerprint density at radius 1 is 1.08 bits per heavy atom. The zero-order chi connectivity index (χ0) is 17.3. The smallest absolute Gasteiger partial charge is 0.243 e. The van der Waals surface area contributed by atoms with Crippen molar-refractivity contribution < 1.29 is 13.2 Å². The van der Waals surface area contributed by atoms with E-state index in [2.05, 4.69) is 0 Å². The van der Waals surface area contributed by atoms with Gasteiger partial charge >= 0.3 is 0 Å². The van der Waals surface area contributed by atoms with Gasteiger partial charge in [0.2, 0.25) is 15.9 Å². The van der Waals surface area contributed by atoms with Gasteiger partial charge in [-0.1, -0.05) is 11.6 Å². The van der Waals surface area contributed by atoms with Crippen LogP contribution in [0.25, 0.3) is 0 Å². The Bertz CT molecular complexity index is 704. The average Bonchev–Trinajstić information content (AvgIpc) is 3.01. The van der Waals surface area contributed by atoms with Crippen molar-refractivity contribution in [2.75, 3.05) is 26.2 Å². The second kappa shape index (κ2) is 8.22. The summed E-state index contributed by atoms with van der Waals surface area (Å²) in [4.78, 5) is 14.5. The van der Waals surface area contributed by atoms with E-state index >= 15 is 0 Å². The van der Waals surface area contributed by atoms with Crippen molar-refractivity contribution in [2.45, 2.75) is 30.2 Å². The number of piperazine rings is 1. The molecule has 0 spiro atoms. The minimum absolute atomic E-state index is 0. The van der Waals surface area contributed by atoms with Gasteiger partial charge in [0.15, 0.2) is 0 Å². The maximum absolute atomic E-state index is 12.6. The van der Waals surface area contributed by atoms with Crippen LogP contribution in [0, 0.1) is 5.92 Å². The molecule has 1 aliphatic heterocycles. The number of halogens is 2. The molecule has 0 aromatic heterocycles. The van der Waals surface area contributed by atoms with E-state index in [-0.39, 0.29) is 35.2 Å². The molecule has 6 nitrogen and oxygen atoms in total. The normalized spacial score (nSPS) is 24.8. The van der Waals surface area contributed by atoms with Crippen LogP contribution in [0.2, 0.25) is 5.02 Å². The monoisotopic (exact) mass is 407 g/mol. The summed E-state index contributed by atoms with van der Waals surface area (Å²) in [5.74, 6) is 0.117. The highest BCUT2D eigenvalue weighted by Crippen LogP contribution is 2.27. The quantitative estimate of drug-likeness (QED) is 0.826. The third-order valence-corrected chi connectivity index (χ3v) is 6.99. The molecule has 0 bridgehead atoms. The van der Waals surface area contributed by atoms with Crippen LogP contribution in [-0.2, 0) is 14.8 Å². The average molecular weight is 408 g/mol. The maximum Gasteiger partial charge on any atom is 0.243 e. The van der Waals surface area contributed by atoms with E-state index in [4.69, 9.17) is 17.3 Å². The van der Waals surface area contributed by atoms with Crippen LogP contribution < -0.4 is 5.73 Å². The van der Waals surface area contributed by atoms with Crippen LogP contribution in [0.15, 0.2) is 29.2 Å². The fourth-order valence-corrected chi connectivity index (χ4v) is 4.95. The lowest BCUT2D eigenvalue weighted by molar-refractivity contribution is -0.136. The molecule has 3 rings (SSSR count). The molecule has 1 aliphatic carbocycles. The molecule has 1 heterocycles. The van der Waals surface area contributed by atoms with Gasteiger partial charge in [-0.25, -0.2) is 8.42 Å². The largest absolute Gasteiger partial charge is 0.340 e. The molecule has 2 unspecified atom stereocenters. The Balaban J connectivity index is 0.00000225. The van der Waals surface area contributed by atoms with Crippen molar-refractivity contribution in [3.05, 3.63) is 29.3 Å². The van der Waals surface area contributed by atoms with Crippen LogP contribution >= 0.6 is 24.0 Å². The van der Waals surface area contributed by atoms with Gasteiger partial charge in [0, 0.05) is 43.2 Å². The maximum atomic E-state index is 12.6. The summed E-state index contributed by atoms with van der Waals surface area (Å²) >= 11 is 5.81. The zero-order valence-electron chi connectivity index (χ0n) is 13.8. The fourth-order valence-electron chi connectivity index (χ4n) is 3.40. The first-order valence-corrected chi connectivity index (χ1v) is 10.00. The van der Waals surface area contributed by atoms with Gasteiger partial charge in [-0.3, -0.25) is 4.79 Å². The molecule has 140 valence electrons. The first kappa shape index (κ1) is 20.5. The predicted molar refractivity (Wildman–Crippen MR) is 99.4 cm³/mol. The van der Waals surface area contributed by atoms with Crippen LogP contribution in [-0.4, -0.2) is 55.8 Å².